The molecule has 1 N–H and O–H groups in total. The number of hydrogen-bond acceptors (Lipinski definition) is 3. The van der Waals surface area contributed by atoms with E-state index in [-0.39, 0.29) is 0 Å². The van der Waals surface area contributed by atoms with Crippen molar-refractivity contribution < 1.29 is 0 Å². The van der Waals surface area contributed by atoms with E-state index in [1.54, 1.807) is 6.20 Å². The Labute approximate surface area is 96.3 Å². The van der Waals surface area contributed by atoms with Crippen LogP contribution in [0.25, 0.3) is 32.7 Å². The van der Waals surface area contributed by atoms with Crippen molar-refractivity contribution in [2.24, 2.45) is 0 Å². The van der Waals surface area contributed by atoms with Crippen LogP contribution in [-0.2, 0) is 0 Å². The van der Waals surface area contributed by atoms with Gasteiger partial charge in [0.1, 0.15) is 16.6 Å². The number of aromatic nitrogens is 4. The number of pyridine rings is 1. The fourth-order valence-electron chi connectivity index (χ4n) is 2.32. The van der Waals surface area contributed by atoms with Crippen LogP contribution in [0.2, 0.25) is 0 Å². The predicted molar refractivity (Wildman–Crippen MR) is 66.7 cm³/mol. The van der Waals surface area contributed by atoms with Gasteiger partial charge in [-0.1, -0.05) is 30.3 Å². The zero-order valence-electron chi connectivity index (χ0n) is 8.88. The molecule has 4 rings (SSSR count). The summed E-state index contributed by atoms with van der Waals surface area (Å²) in [6.07, 6.45) is 1.78. The molecule has 0 atom stereocenters. The molecule has 4 heteroatoms. The Hall–Kier alpha value is -2.49. The lowest BCUT2D eigenvalue weighted by Gasteiger charge is -2.03. The van der Waals surface area contributed by atoms with Gasteiger partial charge in [0.2, 0.25) is 0 Å². The molecule has 0 unspecified atom stereocenters. The van der Waals surface area contributed by atoms with Crippen LogP contribution in [0.5, 0.6) is 0 Å². The van der Waals surface area contributed by atoms with E-state index < -0.39 is 0 Å². The van der Waals surface area contributed by atoms with Crippen LogP contribution in [0.4, 0.5) is 0 Å². The highest BCUT2D eigenvalue weighted by molar-refractivity contribution is 6.21. The van der Waals surface area contributed by atoms with E-state index in [2.05, 4.69) is 38.6 Å². The number of benzene rings is 2. The molecule has 0 amide bonds. The van der Waals surface area contributed by atoms with Gasteiger partial charge >= 0.3 is 0 Å². The second kappa shape index (κ2) is 3.01. The van der Waals surface area contributed by atoms with Gasteiger partial charge in [0.05, 0.1) is 0 Å². The molecule has 0 radical (unpaired) electrons. The first-order chi connectivity index (χ1) is 8.45. The van der Waals surface area contributed by atoms with Gasteiger partial charge in [-0.3, -0.25) is 4.98 Å². The molecule has 4 nitrogen and oxygen atoms in total. The Morgan fingerprint density at radius 1 is 0.706 bits per heavy atom. The lowest BCUT2D eigenvalue weighted by molar-refractivity contribution is 0.960. The maximum atomic E-state index is 4.41. The molecule has 2 heterocycles. The summed E-state index contributed by atoms with van der Waals surface area (Å²) in [7, 11) is 0. The van der Waals surface area contributed by atoms with Crippen molar-refractivity contribution in [3.05, 3.63) is 42.6 Å². The summed E-state index contributed by atoms with van der Waals surface area (Å²) in [6.45, 7) is 0. The van der Waals surface area contributed by atoms with E-state index in [0.717, 1.165) is 32.7 Å². The van der Waals surface area contributed by atoms with E-state index in [9.17, 15) is 0 Å². The summed E-state index contributed by atoms with van der Waals surface area (Å²) in [4.78, 5) is 4.41. The largest absolute Gasteiger partial charge is 0.254 e. The standard InChI is InChI=1S/C13H8N4/c1-2-5-10-8(4-1)9-6-3-7-14-11(9)13-12(10)15-17-16-13/h1-7H,(H,15,16,17). The predicted octanol–water partition coefficient (Wildman–Crippen LogP) is 2.66. The molecule has 0 bridgehead atoms. The lowest BCUT2D eigenvalue weighted by atomic mass is 10.0. The van der Waals surface area contributed by atoms with Gasteiger partial charge in [0.15, 0.2) is 0 Å². The molecule has 80 valence electrons. The minimum Gasteiger partial charge on any atom is -0.254 e. The van der Waals surface area contributed by atoms with Crippen LogP contribution in [-0.4, -0.2) is 20.4 Å². The van der Waals surface area contributed by atoms with Gasteiger partial charge < -0.3 is 0 Å². The number of aromatic amines is 1. The number of rotatable bonds is 0. The van der Waals surface area contributed by atoms with Crippen molar-refractivity contribution in [2.45, 2.75) is 0 Å². The Morgan fingerprint density at radius 2 is 1.41 bits per heavy atom. The normalized spacial score (nSPS) is 11.5. The first-order valence-corrected chi connectivity index (χ1v) is 5.41. The minimum atomic E-state index is 0.833. The molecule has 0 saturated carbocycles. The fourth-order valence-corrected chi connectivity index (χ4v) is 2.32. The van der Waals surface area contributed by atoms with Crippen molar-refractivity contribution >= 4 is 32.7 Å². The van der Waals surface area contributed by atoms with E-state index in [1.807, 2.05) is 18.2 Å². The summed E-state index contributed by atoms with van der Waals surface area (Å²) < 4.78 is 0. The minimum absolute atomic E-state index is 0.833. The molecular formula is C13H8N4. The molecule has 0 saturated heterocycles. The summed E-state index contributed by atoms with van der Waals surface area (Å²) in [6, 6.07) is 12.2. The molecule has 0 aliphatic heterocycles. The zero-order valence-corrected chi connectivity index (χ0v) is 8.88. The molecule has 4 aromatic rings. The van der Waals surface area contributed by atoms with Gasteiger partial charge in [-0.05, 0) is 11.5 Å². The molecule has 2 aromatic carbocycles. The van der Waals surface area contributed by atoms with Gasteiger partial charge in [0, 0.05) is 17.0 Å². The third-order valence-corrected chi connectivity index (χ3v) is 3.05. The third kappa shape index (κ3) is 1.04. The summed E-state index contributed by atoms with van der Waals surface area (Å²) in [5, 5.41) is 14.5. The summed E-state index contributed by atoms with van der Waals surface area (Å²) in [5.41, 5.74) is 2.61. The van der Waals surface area contributed by atoms with Crippen molar-refractivity contribution in [3.63, 3.8) is 0 Å². The number of nitrogens with one attached hydrogen (secondary N) is 1. The van der Waals surface area contributed by atoms with Crippen LogP contribution in [0.3, 0.4) is 0 Å². The van der Waals surface area contributed by atoms with Crippen LogP contribution in [0.15, 0.2) is 42.6 Å². The van der Waals surface area contributed by atoms with Crippen LogP contribution < -0.4 is 0 Å². The zero-order chi connectivity index (χ0) is 11.2. The monoisotopic (exact) mass is 220 g/mol. The SMILES string of the molecule is c1ccc2c(c1)c1cccnc1c1n[nH]nc21. The second-order valence-electron chi connectivity index (χ2n) is 3.97. The van der Waals surface area contributed by atoms with E-state index >= 15 is 0 Å². The van der Waals surface area contributed by atoms with Gasteiger partial charge in [0.25, 0.3) is 0 Å². The molecule has 0 aliphatic rings. The highest BCUT2D eigenvalue weighted by Crippen LogP contribution is 2.30. The van der Waals surface area contributed by atoms with Crippen molar-refractivity contribution in [1.29, 1.82) is 0 Å². The van der Waals surface area contributed by atoms with Crippen molar-refractivity contribution in [2.75, 3.05) is 0 Å². The third-order valence-electron chi connectivity index (χ3n) is 3.05. The molecular weight excluding hydrogens is 212 g/mol. The van der Waals surface area contributed by atoms with Crippen molar-refractivity contribution in [3.8, 4) is 0 Å². The van der Waals surface area contributed by atoms with Crippen LogP contribution in [0.1, 0.15) is 0 Å². The highest BCUT2D eigenvalue weighted by Gasteiger charge is 2.11. The average molecular weight is 220 g/mol. The Morgan fingerprint density at radius 3 is 2.35 bits per heavy atom. The molecule has 17 heavy (non-hydrogen) atoms. The lowest BCUT2D eigenvalue weighted by Crippen LogP contribution is -1.84. The van der Waals surface area contributed by atoms with Gasteiger partial charge in [-0.2, -0.15) is 15.4 Å². The molecule has 0 spiro atoms. The van der Waals surface area contributed by atoms with Crippen molar-refractivity contribution in [1.82, 2.24) is 20.4 Å². The maximum absolute atomic E-state index is 4.41. The smallest absolute Gasteiger partial charge is 0.139 e. The fraction of sp³-hybridized carbons (Fsp3) is 0. The maximum Gasteiger partial charge on any atom is 0.139 e. The number of nitrogens with zero attached hydrogens (tertiary/aromatic N) is 3. The number of H-pyrrole nitrogens is 1. The Kier molecular flexibility index (Phi) is 1.53. The first-order valence-electron chi connectivity index (χ1n) is 5.41. The van der Waals surface area contributed by atoms with E-state index in [1.165, 1.54) is 0 Å². The molecule has 2 aromatic heterocycles. The second-order valence-corrected chi connectivity index (χ2v) is 3.97. The number of fused-ring (bicyclic) bond motifs is 6. The van der Waals surface area contributed by atoms with E-state index in [4.69, 9.17) is 0 Å². The summed E-state index contributed by atoms with van der Waals surface area (Å²) >= 11 is 0. The first kappa shape index (κ1) is 8.64. The number of hydrogen-bond donors (Lipinski definition) is 1. The topological polar surface area (TPSA) is 54.5 Å². The van der Waals surface area contributed by atoms with Crippen LogP contribution >= 0.6 is 0 Å². The average Bonchev–Trinajstić information content (AvgIpc) is 2.89. The Balaban J connectivity index is 2.48. The van der Waals surface area contributed by atoms with Gasteiger partial charge in [-0.25, -0.2) is 0 Å². The quantitative estimate of drug-likeness (QED) is 0.463. The molecule has 0 aliphatic carbocycles. The van der Waals surface area contributed by atoms with E-state index in [0.29, 0.717) is 0 Å². The highest BCUT2D eigenvalue weighted by atomic mass is 15.3. The molecule has 0 fully saturated rings. The van der Waals surface area contributed by atoms with Crippen LogP contribution in [0, 0.1) is 0 Å². The van der Waals surface area contributed by atoms with Gasteiger partial charge in [-0.15, -0.1) is 0 Å². The summed E-state index contributed by atoms with van der Waals surface area (Å²) in [5.74, 6) is 0. The Bertz CT molecular complexity index is 778.